The number of aromatic nitrogens is 3. The number of nitrogens with zero attached hydrogens (tertiary/aromatic N) is 3. The molecule has 0 amide bonds. The number of hydrogen-bond donors (Lipinski definition) is 0. The molecule has 0 N–H and O–H groups in total. The molecule has 200 valence electrons. The first kappa shape index (κ1) is 25.8. The van der Waals surface area contributed by atoms with E-state index in [1.54, 1.807) is 6.20 Å². The van der Waals surface area contributed by atoms with Crippen LogP contribution in [0.5, 0.6) is 11.6 Å². The number of ether oxygens (including phenoxy) is 1. The fourth-order valence-corrected chi connectivity index (χ4v) is 5.24. The third kappa shape index (κ3) is 4.75. The Labute approximate surface area is 236 Å². The Morgan fingerprint density at radius 2 is 1.38 bits per heavy atom. The first-order valence-electron chi connectivity index (χ1n) is 13.8. The average Bonchev–Trinajstić information content (AvgIpc) is 3.26. The summed E-state index contributed by atoms with van der Waals surface area (Å²) in [5.74, 6) is 2.32. The molecule has 4 heteroatoms. The molecule has 0 spiro atoms. The highest BCUT2D eigenvalue weighted by Crippen LogP contribution is 2.39. The Hall–Kier alpha value is -4.44. The standard InChI is InChI=1S/C36H35N3O/c1-35(2,3)26-22-30(36(4,5)6)34(38-23-26)39-31-15-8-7-14-28(31)29-18-17-25(21-32(29)39)24-12-11-13-27(20-24)40-33-16-9-10-19-37-33/h7-23H,1-6H3. The third-order valence-corrected chi connectivity index (χ3v) is 7.45. The summed E-state index contributed by atoms with van der Waals surface area (Å²) >= 11 is 0. The Kier molecular flexibility index (Phi) is 6.22. The molecule has 3 heterocycles. The molecule has 6 aromatic rings. The molecule has 0 atom stereocenters. The zero-order valence-electron chi connectivity index (χ0n) is 24.1. The SMILES string of the molecule is CC(C)(C)c1cnc(-n2c3ccccc3c3ccc(-c4cccc(Oc5ccccn5)c4)cc32)c(C(C)(C)C)c1. The lowest BCUT2D eigenvalue weighted by atomic mass is 9.82. The largest absolute Gasteiger partial charge is 0.439 e. The van der Waals surface area contributed by atoms with E-state index in [2.05, 4.69) is 112 Å². The van der Waals surface area contributed by atoms with Crippen LogP contribution in [0.25, 0.3) is 38.8 Å². The number of hydrogen-bond acceptors (Lipinski definition) is 3. The van der Waals surface area contributed by atoms with Gasteiger partial charge in [-0.05, 0) is 63.9 Å². The van der Waals surface area contributed by atoms with Crippen LogP contribution in [0.15, 0.2) is 103 Å². The predicted octanol–water partition coefficient (Wildman–Crippen LogP) is 9.63. The van der Waals surface area contributed by atoms with Gasteiger partial charge in [0.05, 0.1) is 11.0 Å². The summed E-state index contributed by atoms with van der Waals surface area (Å²) in [6, 6.07) is 31.5. The minimum absolute atomic E-state index is 0.0158. The first-order valence-corrected chi connectivity index (χ1v) is 13.8. The lowest BCUT2D eigenvalue weighted by molar-refractivity contribution is 0.463. The summed E-state index contributed by atoms with van der Waals surface area (Å²) in [6.45, 7) is 13.5. The van der Waals surface area contributed by atoms with Gasteiger partial charge in [-0.3, -0.25) is 4.57 Å². The van der Waals surface area contributed by atoms with Crippen molar-refractivity contribution in [1.29, 1.82) is 0 Å². The molecule has 0 fully saturated rings. The highest BCUT2D eigenvalue weighted by Gasteiger charge is 2.26. The molecule has 4 nitrogen and oxygen atoms in total. The average molecular weight is 526 g/mol. The highest BCUT2D eigenvalue weighted by molar-refractivity contribution is 6.10. The minimum atomic E-state index is -0.0873. The fraction of sp³-hybridized carbons (Fsp3) is 0.222. The van der Waals surface area contributed by atoms with Crippen molar-refractivity contribution >= 4 is 21.8 Å². The molecule has 0 radical (unpaired) electrons. The van der Waals surface area contributed by atoms with E-state index in [0.717, 1.165) is 33.7 Å². The summed E-state index contributed by atoms with van der Waals surface area (Å²) in [4.78, 5) is 9.46. The zero-order valence-corrected chi connectivity index (χ0v) is 24.1. The molecule has 3 aromatic carbocycles. The predicted molar refractivity (Wildman–Crippen MR) is 166 cm³/mol. The van der Waals surface area contributed by atoms with Crippen molar-refractivity contribution in [3.8, 4) is 28.6 Å². The van der Waals surface area contributed by atoms with Gasteiger partial charge in [0.25, 0.3) is 0 Å². The molecule has 0 saturated heterocycles. The smallest absolute Gasteiger partial charge is 0.219 e. The second kappa shape index (κ2) is 9.63. The van der Waals surface area contributed by atoms with Gasteiger partial charge in [0, 0.05) is 34.8 Å². The highest BCUT2D eigenvalue weighted by atomic mass is 16.5. The van der Waals surface area contributed by atoms with Crippen LogP contribution in [0.3, 0.4) is 0 Å². The van der Waals surface area contributed by atoms with E-state index >= 15 is 0 Å². The zero-order chi connectivity index (χ0) is 28.1. The maximum Gasteiger partial charge on any atom is 0.219 e. The second-order valence-corrected chi connectivity index (χ2v) is 12.5. The monoisotopic (exact) mass is 525 g/mol. The van der Waals surface area contributed by atoms with E-state index in [1.165, 1.54) is 21.9 Å². The number of benzene rings is 3. The van der Waals surface area contributed by atoms with Gasteiger partial charge in [-0.25, -0.2) is 9.97 Å². The van der Waals surface area contributed by atoms with Crippen LogP contribution >= 0.6 is 0 Å². The maximum absolute atomic E-state index is 6.03. The van der Waals surface area contributed by atoms with E-state index in [-0.39, 0.29) is 10.8 Å². The van der Waals surface area contributed by atoms with Crippen molar-refractivity contribution in [3.63, 3.8) is 0 Å². The van der Waals surface area contributed by atoms with E-state index < -0.39 is 0 Å². The molecular formula is C36H35N3O. The summed E-state index contributed by atoms with van der Waals surface area (Å²) in [6.07, 6.45) is 3.79. The van der Waals surface area contributed by atoms with Gasteiger partial charge in [0.1, 0.15) is 11.6 Å². The minimum Gasteiger partial charge on any atom is -0.439 e. The number of rotatable bonds is 4. The molecule has 40 heavy (non-hydrogen) atoms. The molecule has 0 aliphatic carbocycles. The number of para-hydroxylation sites is 1. The Balaban J connectivity index is 1.56. The lowest BCUT2D eigenvalue weighted by Crippen LogP contribution is -2.20. The fourth-order valence-electron chi connectivity index (χ4n) is 5.24. The van der Waals surface area contributed by atoms with E-state index in [4.69, 9.17) is 9.72 Å². The molecule has 0 unspecified atom stereocenters. The Morgan fingerprint density at radius 3 is 2.12 bits per heavy atom. The van der Waals surface area contributed by atoms with Crippen LogP contribution < -0.4 is 4.74 Å². The quantitative estimate of drug-likeness (QED) is 0.230. The lowest BCUT2D eigenvalue weighted by Gasteiger charge is -2.27. The van der Waals surface area contributed by atoms with Crippen LogP contribution in [0.2, 0.25) is 0 Å². The molecule has 0 aliphatic heterocycles. The van der Waals surface area contributed by atoms with Crippen molar-refractivity contribution in [1.82, 2.24) is 14.5 Å². The van der Waals surface area contributed by atoms with Crippen LogP contribution in [0.1, 0.15) is 52.7 Å². The molecule has 0 aliphatic rings. The molecule has 0 saturated carbocycles. The van der Waals surface area contributed by atoms with E-state index in [1.807, 2.05) is 36.5 Å². The topological polar surface area (TPSA) is 39.9 Å². The van der Waals surface area contributed by atoms with Crippen LogP contribution in [0, 0.1) is 0 Å². The molecule has 3 aromatic heterocycles. The Morgan fingerprint density at radius 1 is 0.625 bits per heavy atom. The summed E-state index contributed by atoms with van der Waals surface area (Å²) in [5.41, 5.74) is 6.90. The van der Waals surface area contributed by atoms with Crippen LogP contribution in [0.4, 0.5) is 0 Å². The summed E-state index contributed by atoms with van der Waals surface area (Å²) < 4.78 is 8.38. The van der Waals surface area contributed by atoms with Crippen LogP contribution in [-0.2, 0) is 10.8 Å². The maximum atomic E-state index is 6.03. The first-order chi connectivity index (χ1) is 19.1. The van der Waals surface area contributed by atoms with Crippen molar-refractivity contribution in [2.45, 2.75) is 52.4 Å². The third-order valence-electron chi connectivity index (χ3n) is 7.45. The van der Waals surface area contributed by atoms with Crippen molar-refractivity contribution in [3.05, 3.63) is 115 Å². The Bertz CT molecular complexity index is 1840. The van der Waals surface area contributed by atoms with Gasteiger partial charge < -0.3 is 4.74 Å². The van der Waals surface area contributed by atoms with Gasteiger partial charge in [-0.1, -0.05) is 90.1 Å². The molecule has 6 rings (SSSR count). The van der Waals surface area contributed by atoms with Gasteiger partial charge in [-0.15, -0.1) is 0 Å². The van der Waals surface area contributed by atoms with Crippen molar-refractivity contribution in [2.75, 3.05) is 0 Å². The van der Waals surface area contributed by atoms with Gasteiger partial charge in [0.15, 0.2) is 0 Å². The van der Waals surface area contributed by atoms with Crippen molar-refractivity contribution < 1.29 is 4.74 Å². The number of pyridine rings is 2. The number of fused-ring (bicyclic) bond motifs is 3. The van der Waals surface area contributed by atoms with Crippen LogP contribution in [-0.4, -0.2) is 14.5 Å². The van der Waals surface area contributed by atoms with Gasteiger partial charge in [-0.2, -0.15) is 0 Å². The molecule has 0 bridgehead atoms. The van der Waals surface area contributed by atoms with Gasteiger partial charge >= 0.3 is 0 Å². The van der Waals surface area contributed by atoms with Gasteiger partial charge in [0.2, 0.25) is 5.88 Å². The van der Waals surface area contributed by atoms with Crippen molar-refractivity contribution in [2.24, 2.45) is 0 Å². The summed E-state index contributed by atoms with van der Waals surface area (Å²) in [5, 5.41) is 2.43. The molecular weight excluding hydrogens is 490 g/mol. The normalized spacial score (nSPS) is 12.2. The summed E-state index contributed by atoms with van der Waals surface area (Å²) in [7, 11) is 0. The second-order valence-electron chi connectivity index (χ2n) is 12.5. The van der Waals surface area contributed by atoms with E-state index in [0.29, 0.717) is 5.88 Å². The van der Waals surface area contributed by atoms with E-state index in [9.17, 15) is 0 Å².